The fraction of sp³-hybridized carbons (Fsp3) is 0.278. The number of carbonyl (C=O) groups is 1. The number of furan rings is 1. The van der Waals surface area contributed by atoms with Crippen LogP contribution in [0.1, 0.15) is 31.0 Å². The number of aromatic amines is 1. The summed E-state index contributed by atoms with van der Waals surface area (Å²) >= 11 is 0. The van der Waals surface area contributed by atoms with Crippen LogP contribution >= 0.6 is 0 Å². The summed E-state index contributed by atoms with van der Waals surface area (Å²) in [6, 6.07) is 3.69. The quantitative estimate of drug-likeness (QED) is 0.724. The zero-order valence-electron chi connectivity index (χ0n) is 14.4. The molecule has 0 aliphatic heterocycles. The van der Waals surface area contributed by atoms with Crippen molar-refractivity contribution in [2.75, 3.05) is 7.05 Å². The largest absolute Gasteiger partial charge is 0.472 e. The summed E-state index contributed by atoms with van der Waals surface area (Å²) in [5, 5.41) is 5.11. The zero-order chi connectivity index (χ0) is 18.0. The molecule has 0 fully saturated rings. The van der Waals surface area contributed by atoms with E-state index < -0.39 is 0 Å². The number of hydrogen-bond acceptors (Lipinski definition) is 4. The van der Waals surface area contributed by atoms with Gasteiger partial charge in [-0.1, -0.05) is 0 Å². The molecular weight excluding hydrogens is 320 g/mol. The van der Waals surface area contributed by atoms with E-state index in [2.05, 4.69) is 10.1 Å². The van der Waals surface area contributed by atoms with E-state index in [4.69, 9.17) is 4.42 Å². The van der Waals surface area contributed by atoms with E-state index in [9.17, 15) is 9.59 Å². The molecule has 0 aliphatic rings. The summed E-state index contributed by atoms with van der Waals surface area (Å²) in [4.78, 5) is 28.8. The molecule has 0 unspecified atom stereocenters. The lowest BCUT2D eigenvalue weighted by atomic mass is 10.2. The minimum atomic E-state index is -0.253. The molecule has 0 atom stereocenters. The molecule has 0 radical (unpaired) electrons. The Kier molecular flexibility index (Phi) is 4.56. The van der Waals surface area contributed by atoms with Crippen LogP contribution in [0.5, 0.6) is 0 Å². The molecule has 7 heteroatoms. The molecule has 3 aromatic heterocycles. The van der Waals surface area contributed by atoms with E-state index in [0.717, 1.165) is 10.9 Å². The number of pyridine rings is 1. The first-order valence-corrected chi connectivity index (χ1v) is 8.00. The molecule has 3 rings (SSSR count). The second kappa shape index (κ2) is 6.80. The van der Waals surface area contributed by atoms with Gasteiger partial charge in [-0.05, 0) is 32.1 Å². The highest BCUT2D eigenvalue weighted by atomic mass is 16.3. The van der Waals surface area contributed by atoms with Crippen LogP contribution in [0.4, 0.5) is 0 Å². The lowest BCUT2D eigenvalue weighted by Gasteiger charge is -2.13. The molecule has 1 amide bonds. The summed E-state index contributed by atoms with van der Waals surface area (Å²) in [6.45, 7) is 4.43. The average Bonchev–Trinajstić information content (AvgIpc) is 3.21. The van der Waals surface area contributed by atoms with Crippen molar-refractivity contribution in [3.8, 4) is 0 Å². The van der Waals surface area contributed by atoms with Gasteiger partial charge in [0.25, 0.3) is 5.56 Å². The van der Waals surface area contributed by atoms with Crippen molar-refractivity contribution in [2.24, 2.45) is 0 Å². The van der Waals surface area contributed by atoms with Crippen molar-refractivity contribution in [3.05, 3.63) is 58.4 Å². The van der Waals surface area contributed by atoms with E-state index in [1.54, 1.807) is 47.5 Å². The van der Waals surface area contributed by atoms with Gasteiger partial charge in [-0.25, -0.2) is 4.68 Å². The fourth-order valence-corrected chi connectivity index (χ4v) is 2.56. The molecule has 0 aliphatic carbocycles. The molecule has 3 aromatic rings. The number of likely N-dealkylation sites (N-methyl/N-ethyl adjacent to an activating group) is 1. The van der Waals surface area contributed by atoms with E-state index >= 15 is 0 Å². The molecule has 1 N–H and O–H groups in total. The minimum Gasteiger partial charge on any atom is -0.472 e. The van der Waals surface area contributed by atoms with Crippen molar-refractivity contribution in [2.45, 2.75) is 26.4 Å². The number of amides is 1. The number of fused-ring (bicyclic) bond motifs is 1. The van der Waals surface area contributed by atoms with Crippen LogP contribution in [0.15, 0.2) is 46.1 Å². The Morgan fingerprint density at radius 2 is 2.28 bits per heavy atom. The van der Waals surface area contributed by atoms with Crippen LogP contribution in [0, 0.1) is 0 Å². The van der Waals surface area contributed by atoms with Gasteiger partial charge in [0.1, 0.15) is 5.65 Å². The molecule has 0 saturated heterocycles. The predicted molar refractivity (Wildman–Crippen MR) is 95.0 cm³/mol. The standard InChI is InChI=1S/C18H20N4O3/c1-12(2)22-17-15(9-19-22)8-14(18(24)20-17)4-5-16(23)21(3)10-13-6-7-25-11-13/h4-9,11-12H,10H2,1-3H3,(H,20,24). The number of carbonyl (C=O) groups excluding carboxylic acids is 1. The van der Waals surface area contributed by atoms with Crippen molar-refractivity contribution in [1.29, 1.82) is 0 Å². The SMILES string of the molecule is CC(C)n1ncc2cc(C=CC(=O)N(C)Cc3ccoc3)c(=O)[nH]c21. The number of nitrogens with zero attached hydrogens (tertiary/aromatic N) is 3. The fourth-order valence-electron chi connectivity index (χ4n) is 2.56. The first-order valence-electron chi connectivity index (χ1n) is 8.00. The number of aromatic nitrogens is 3. The molecular formula is C18H20N4O3. The topological polar surface area (TPSA) is 84.1 Å². The van der Waals surface area contributed by atoms with Crippen molar-refractivity contribution < 1.29 is 9.21 Å². The van der Waals surface area contributed by atoms with Gasteiger partial charge in [-0.15, -0.1) is 0 Å². The van der Waals surface area contributed by atoms with Crippen LogP contribution in [0.3, 0.4) is 0 Å². The highest BCUT2D eigenvalue weighted by Gasteiger charge is 2.10. The smallest absolute Gasteiger partial charge is 0.256 e. The van der Waals surface area contributed by atoms with Crippen LogP contribution in [-0.4, -0.2) is 32.6 Å². The minimum absolute atomic E-state index is 0.146. The van der Waals surface area contributed by atoms with Crippen LogP contribution in [-0.2, 0) is 11.3 Å². The van der Waals surface area contributed by atoms with Gasteiger partial charge in [-0.3, -0.25) is 9.59 Å². The molecule has 0 aromatic carbocycles. The predicted octanol–water partition coefficient (Wildman–Crippen LogP) is 2.57. The van der Waals surface area contributed by atoms with E-state index in [1.165, 1.54) is 12.2 Å². The third-order valence-corrected chi connectivity index (χ3v) is 3.90. The lowest BCUT2D eigenvalue weighted by Crippen LogP contribution is -2.24. The molecule has 0 saturated carbocycles. The summed E-state index contributed by atoms with van der Waals surface area (Å²) in [7, 11) is 1.69. The third kappa shape index (κ3) is 3.55. The summed E-state index contributed by atoms with van der Waals surface area (Å²) in [6.07, 6.45) is 7.78. The molecule has 7 nitrogen and oxygen atoms in total. The number of rotatable bonds is 5. The Hall–Kier alpha value is -3.09. The summed E-state index contributed by atoms with van der Waals surface area (Å²) < 4.78 is 6.75. The maximum absolute atomic E-state index is 12.3. The van der Waals surface area contributed by atoms with Gasteiger partial charge >= 0.3 is 0 Å². The maximum atomic E-state index is 12.3. The summed E-state index contributed by atoms with van der Waals surface area (Å²) in [5.41, 5.74) is 1.75. The Morgan fingerprint density at radius 1 is 1.48 bits per heavy atom. The third-order valence-electron chi connectivity index (χ3n) is 3.90. The van der Waals surface area contributed by atoms with Gasteiger partial charge < -0.3 is 14.3 Å². The van der Waals surface area contributed by atoms with Gasteiger partial charge in [-0.2, -0.15) is 5.10 Å². The maximum Gasteiger partial charge on any atom is 0.256 e. The van der Waals surface area contributed by atoms with Crippen LogP contribution < -0.4 is 5.56 Å². The Morgan fingerprint density at radius 3 is 2.96 bits per heavy atom. The Labute approximate surface area is 144 Å². The molecule has 0 bridgehead atoms. The first kappa shape index (κ1) is 16.8. The summed E-state index contributed by atoms with van der Waals surface area (Å²) in [5.74, 6) is -0.196. The molecule has 3 heterocycles. The van der Waals surface area contributed by atoms with Gasteiger partial charge in [0, 0.05) is 42.2 Å². The highest BCUT2D eigenvalue weighted by Crippen LogP contribution is 2.15. The normalized spacial score (nSPS) is 11.7. The first-order chi connectivity index (χ1) is 12.0. The van der Waals surface area contributed by atoms with Gasteiger partial charge in [0.05, 0.1) is 18.7 Å². The second-order valence-corrected chi connectivity index (χ2v) is 6.20. The van der Waals surface area contributed by atoms with Crippen LogP contribution in [0.25, 0.3) is 17.1 Å². The van der Waals surface area contributed by atoms with Gasteiger partial charge in [0.2, 0.25) is 5.91 Å². The zero-order valence-corrected chi connectivity index (χ0v) is 14.4. The van der Waals surface area contributed by atoms with E-state index in [0.29, 0.717) is 17.8 Å². The number of hydrogen-bond donors (Lipinski definition) is 1. The monoisotopic (exact) mass is 340 g/mol. The molecule has 0 spiro atoms. The van der Waals surface area contributed by atoms with E-state index in [1.807, 2.05) is 13.8 Å². The Bertz CT molecular complexity index is 964. The Balaban J connectivity index is 1.80. The number of nitrogens with one attached hydrogen (secondary N) is 1. The lowest BCUT2D eigenvalue weighted by molar-refractivity contribution is -0.125. The van der Waals surface area contributed by atoms with E-state index in [-0.39, 0.29) is 17.5 Å². The van der Waals surface area contributed by atoms with Crippen molar-refractivity contribution >= 4 is 23.0 Å². The van der Waals surface area contributed by atoms with Gasteiger partial charge in [0.15, 0.2) is 0 Å². The second-order valence-electron chi connectivity index (χ2n) is 6.20. The molecule has 130 valence electrons. The van der Waals surface area contributed by atoms with Crippen molar-refractivity contribution in [3.63, 3.8) is 0 Å². The van der Waals surface area contributed by atoms with Crippen LogP contribution in [0.2, 0.25) is 0 Å². The average molecular weight is 340 g/mol. The number of H-pyrrole nitrogens is 1. The van der Waals surface area contributed by atoms with Crippen molar-refractivity contribution in [1.82, 2.24) is 19.7 Å². The highest BCUT2D eigenvalue weighted by molar-refractivity contribution is 5.92. The molecule has 25 heavy (non-hydrogen) atoms.